The Morgan fingerprint density at radius 2 is 1.24 bits per heavy atom. The molecule has 0 saturated heterocycles. The van der Waals surface area contributed by atoms with Crippen molar-refractivity contribution < 1.29 is 42.9 Å². The van der Waals surface area contributed by atoms with Crippen LogP contribution in [0.5, 0.6) is 23.0 Å². The van der Waals surface area contributed by atoms with E-state index in [1.54, 1.807) is 94.1 Å². The number of carbonyl (C=O) groups is 5. The van der Waals surface area contributed by atoms with Gasteiger partial charge in [-0.25, -0.2) is 0 Å². The van der Waals surface area contributed by atoms with Crippen molar-refractivity contribution in [3.63, 3.8) is 0 Å². The predicted octanol–water partition coefficient (Wildman–Crippen LogP) is 10.4. The van der Waals surface area contributed by atoms with Crippen molar-refractivity contribution in [2.24, 2.45) is 15.9 Å². The Balaban J connectivity index is 0.923. The van der Waals surface area contributed by atoms with Gasteiger partial charge >= 0.3 is 0 Å². The minimum Gasteiger partial charge on any atom is -0.493 e. The van der Waals surface area contributed by atoms with Crippen LogP contribution in [0.3, 0.4) is 0 Å². The largest absolute Gasteiger partial charge is 0.493 e. The highest BCUT2D eigenvalue weighted by atomic mass is 33.1. The summed E-state index contributed by atoms with van der Waals surface area (Å²) in [5.74, 6) is 1.41. The molecular formula is C57H60N6O9S2. The number of nitrogens with zero attached hydrogens (tertiary/aromatic N) is 4. The van der Waals surface area contributed by atoms with Gasteiger partial charge < -0.3 is 29.6 Å². The zero-order valence-electron chi connectivity index (χ0n) is 42.6. The minimum absolute atomic E-state index is 0.0134. The van der Waals surface area contributed by atoms with Crippen molar-refractivity contribution >= 4 is 91.9 Å². The first-order valence-electron chi connectivity index (χ1n) is 24.7. The third-order valence-electron chi connectivity index (χ3n) is 13.7. The first kappa shape index (κ1) is 51.8. The zero-order valence-corrected chi connectivity index (χ0v) is 44.2. The van der Waals surface area contributed by atoms with Crippen LogP contribution in [0.1, 0.15) is 96.9 Å². The molecule has 384 valence electrons. The summed E-state index contributed by atoms with van der Waals surface area (Å²) in [6.07, 6.45) is 6.54. The lowest BCUT2D eigenvalue weighted by atomic mass is 10.1. The number of amides is 4. The molecule has 74 heavy (non-hydrogen) atoms. The van der Waals surface area contributed by atoms with Crippen LogP contribution in [0.4, 0.5) is 28.4 Å². The molecule has 0 fully saturated rings. The molecule has 5 aromatic carbocycles. The number of para-hydroxylation sites is 2. The van der Waals surface area contributed by atoms with E-state index >= 15 is 0 Å². The standard InChI is InChI=1S/C57H60N6O9S2/c1-33(35(3)64)17-19-73-74-57(4,5)18-16-53(65)60-34(2)54(66)61-40-21-36(31-71-51-27-45-43(25-49(51)69-6)55(67)62-41(29-58-45)23-38-12-8-10-14-47(38)62)20-37(22-40)32-72-52-28-46-44(26-50(52)70-7)56(68)63-42(30-59-46)24-39-13-9-11-15-48(39)63/h8-15,20-22,25-30,33-34,41-42H,16-19,23-24,31-32H2,1-7H3,(H,60,65)(H,61,66)/t33?,34-,41-,42-/m0/s1. The Bertz CT molecular complexity index is 2920. The molecule has 0 aliphatic carbocycles. The van der Waals surface area contributed by atoms with E-state index < -0.39 is 11.9 Å². The van der Waals surface area contributed by atoms with Crippen molar-refractivity contribution in [2.45, 2.75) is 103 Å². The van der Waals surface area contributed by atoms with Gasteiger partial charge in [0.15, 0.2) is 23.0 Å². The van der Waals surface area contributed by atoms with Crippen LogP contribution in [-0.4, -0.2) is 84.7 Å². The van der Waals surface area contributed by atoms with E-state index in [0.717, 1.165) is 34.7 Å². The van der Waals surface area contributed by atoms with E-state index in [2.05, 4.69) is 24.5 Å². The molecule has 4 aliphatic rings. The van der Waals surface area contributed by atoms with Crippen LogP contribution in [-0.2, 0) is 40.4 Å². The molecule has 0 bridgehead atoms. The van der Waals surface area contributed by atoms with E-state index in [1.807, 2.05) is 61.5 Å². The SMILES string of the molecule is COc1cc2c(cc1OCc1cc(COc3cc4c(cc3OC)C(=O)N3c5ccccc5C[C@H]3C=N4)cc(NC(=O)[C@H](C)NC(=O)CCC(C)(C)SSCCC(C)C(C)=O)c1)N=C[C@@H]1Cc3ccccc3N1C2=O. The molecule has 2 N–H and O–H groups in total. The second kappa shape index (κ2) is 22.2. The number of hydrogen-bond donors (Lipinski definition) is 2. The Hall–Kier alpha value is -7.11. The van der Waals surface area contributed by atoms with Gasteiger partial charge in [0, 0.05) is 77.3 Å². The van der Waals surface area contributed by atoms with Crippen LogP contribution in [0.2, 0.25) is 0 Å². The molecule has 9 rings (SSSR count). The Morgan fingerprint density at radius 3 is 1.74 bits per heavy atom. The number of benzene rings is 5. The number of rotatable bonds is 20. The maximum absolute atomic E-state index is 14.1. The van der Waals surface area contributed by atoms with E-state index in [0.29, 0.717) is 81.6 Å². The van der Waals surface area contributed by atoms with Crippen molar-refractivity contribution in [3.05, 3.63) is 124 Å². The van der Waals surface area contributed by atoms with Gasteiger partial charge in [-0.2, -0.15) is 0 Å². The summed E-state index contributed by atoms with van der Waals surface area (Å²) in [4.78, 5) is 79.9. The summed E-state index contributed by atoms with van der Waals surface area (Å²) in [6, 6.07) is 26.6. The lowest BCUT2D eigenvalue weighted by molar-refractivity contribution is -0.126. The molecule has 0 aromatic heterocycles. The van der Waals surface area contributed by atoms with Crippen LogP contribution in [0, 0.1) is 5.92 Å². The van der Waals surface area contributed by atoms with E-state index in [9.17, 15) is 24.0 Å². The van der Waals surface area contributed by atoms with Gasteiger partial charge in [0.25, 0.3) is 11.8 Å². The first-order valence-corrected chi connectivity index (χ1v) is 27.1. The number of aliphatic imine (C=N–C) groups is 2. The van der Waals surface area contributed by atoms with Crippen molar-refractivity contribution in [1.29, 1.82) is 0 Å². The summed E-state index contributed by atoms with van der Waals surface area (Å²) in [5, 5.41) is 5.84. The van der Waals surface area contributed by atoms with Crippen LogP contribution < -0.4 is 39.4 Å². The van der Waals surface area contributed by atoms with Gasteiger partial charge in [0.2, 0.25) is 11.8 Å². The van der Waals surface area contributed by atoms with Crippen LogP contribution in [0.15, 0.2) is 101 Å². The monoisotopic (exact) mass is 1040 g/mol. The van der Waals surface area contributed by atoms with Crippen LogP contribution >= 0.6 is 21.6 Å². The van der Waals surface area contributed by atoms with E-state index in [4.69, 9.17) is 28.9 Å². The quantitative estimate of drug-likeness (QED) is 0.0560. The Labute approximate surface area is 439 Å². The fraction of sp³-hybridized carbons (Fsp3) is 0.351. The van der Waals surface area contributed by atoms with Gasteiger partial charge in [-0.15, -0.1) is 0 Å². The average Bonchev–Trinajstić information content (AvgIpc) is 3.88. The molecule has 15 nitrogen and oxygen atoms in total. The molecule has 4 amide bonds. The molecule has 5 aromatic rings. The molecular weight excluding hydrogens is 977 g/mol. The molecule has 4 atom stereocenters. The van der Waals surface area contributed by atoms with Crippen LogP contribution in [0.25, 0.3) is 0 Å². The Morgan fingerprint density at radius 1 is 0.730 bits per heavy atom. The first-order chi connectivity index (χ1) is 35.6. The second-order valence-electron chi connectivity index (χ2n) is 19.6. The van der Waals surface area contributed by atoms with Gasteiger partial charge in [0.05, 0.1) is 48.8 Å². The molecule has 1 unspecified atom stereocenters. The lowest BCUT2D eigenvalue weighted by Gasteiger charge is -2.23. The summed E-state index contributed by atoms with van der Waals surface area (Å²) in [6.45, 7) is 9.39. The third kappa shape index (κ3) is 11.3. The van der Waals surface area contributed by atoms with Crippen molar-refractivity contribution in [1.82, 2.24) is 5.32 Å². The highest BCUT2D eigenvalue weighted by Gasteiger charge is 2.38. The lowest BCUT2D eigenvalue weighted by Crippen LogP contribution is -2.42. The number of ketones is 1. The van der Waals surface area contributed by atoms with Gasteiger partial charge in [0.1, 0.15) is 25.0 Å². The number of anilines is 3. The second-order valence-corrected chi connectivity index (χ2v) is 22.7. The maximum Gasteiger partial charge on any atom is 0.261 e. The Kier molecular flexibility index (Phi) is 15.5. The van der Waals surface area contributed by atoms with Crippen molar-refractivity contribution in [2.75, 3.05) is 35.1 Å². The number of hydrogen-bond acceptors (Lipinski definition) is 13. The fourth-order valence-electron chi connectivity index (χ4n) is 9.42. The van der Waals surface area contributed by atoms with E-state index in [-0.39, 0.29) is 65.9 Å². The molecule has 0 spiro atoms. The number of fused-ring (bicyclic) bond motifs is 8. The van der Waals surface area contributed by atoms with Gasteiger partial charge in [-0.05, 0) is 105 Å². The number of ether oxygens (including phenoxy) is 4. The molecule has 4 heterocycles. The fourth-order valence-corrected chi connectivity index (χ4v) is 12.2. The third-order valence-corrected chi connectivity index (χ3v) is 17.1. The minimum atomic E-state index is -0.867. The summed E-state index contributed by atoms with van der Waals surface area (Å²) >= 11 is 0. The summed E-state index contributed by atoms with van der Waals surface area (Å²) in [7, 11) is 6.42. The number of nitrogens with one attached hydrogen (secondary N) is 2. The molecule has 4 aliphatic heterocycles. The number of carbonyl (C=O) groups excluding carboxylic acids is 5. The zero-order chi connectivity index (χ0) is 52.3. The molecule has 0 saturated carbocycles. The van der Waals surface area contributed by atoms with E-state index in [1.165, 1.54) is 14.2 Å². The smallest absolute Gasteiger partial charge is 0.261 e. The predicted molar refractivity (Wildman–Crippen MR) is 293 cm³/mol. The normalized spacial score (nSPS) is 16.9. The molecule has 0 radical (unpaired) electrons. The van der Waals surface area contributed by atoms with Gasteiger partial charge in [-0.1, -0.05) is 64.9 Å². The highest BCUT2D eigenvalue weighted by molar-refractivity contribution is 8.77. The highest BCUT2D eigenvalue weighted by Crippen LogP contribution is 2.44. The topological polar surface area (TPSA) is 178 Å². The number of methoxy groups -OCH3 is 2. The summed E-state index contributed by atoms with van der Waals surface area (Å²) < 4.78 is 24.2. The maximum atomic E-state index is 14.1. The van der Waals surface area contributed by atoms with Gasteiger partial charge in [-0.3, -0.25) is 43.8 Å². The van der Waals surface area contributed by atoms with Crippen molar-refractivity contribution in [3.8, 4) is 23.0 Å². The summed E-state index contributed by atoms with van der Waals surface area (Å²) in [5.41, 5.74) is 7.30. The number of Topliss-reactive ketones (excluding diaryl/α,β-unsaturated/α-hetero) is 1. The average molecular weight is 1040 g/mol. The molecule has 17 heteroatoms.